The summed E-state index contributed by atoms with van der Waals surface area (Å²) < 4.78 is 5.44. The monoisotopic (exact) mass is 331 g/mol. The maximum Gasteiger partial charge on any atom is 0.266 e. The van der Waals surface area contributed by atoms with Gasteiger partial charge in [-0.2, -0.15) is 0 Å². The van der Waals surface area contributed by atoms with Crippen molar-refractivity contribution in [3.05, 3.63) is 42.0 Å². The Balaban J connectivity index is 2.26. The second-order valence-corrected chi connectivity index (χ2v) is 6.58. The summed E-state index contributed by atoms with van der Waals surface area (Å²) in [5, 5.41) is 0.299. The van der Waals surface area contributed by atoms with Crippen molar-refractivity contribution in [1.29, 1.82) is 0 Å². The minimum absolute atomic E-state index is 0.0226. The fourth-order valence-electron chi connectivity index (χ4n) is 2.72. The van der Waals surface area contributed by atoms with Gasteiger partial charge in [0.1, 0.15) is 6.61 Å². The molecule has 0 aromatic heterocycles. The lowest BCUT2D eigenvalue weighted by Crippen LogP contribution is -2.40. The third-order valence-electron chi connectivity index (χ3n) is 4.15. The summed E-state index contributed by atoms with van der Waals surface area (Å²) in [5.74, 6) is 0.241. The highest BCUT2D eigenvalue weighted by Gasteiger charge is 2.36. The van der Waals surface area contributed by atoms with Crippen LogP contribution in [0.5, 0.6) is 0 Å². The maximum atomic E-state index is 12.8. The minimum atomic E-state index is -0.0684. The van der Waals surface area contributed by atoms with E-state index >= 15 is 0 Å². The number of unbranched alkanes of at least 4 members (excludes halogenated alkanes) is 1. The number of thiocarbonyl (C=S) groups is 1. The number of nitrogens with zero attached hydrogens (tertiary/aromatic N) is 1. The van der Waals surface area contributed by atoms with Gasteiger partial charge in [-0.3, -0.25) is 9.69 Å². The number of amides is 1. The zero-order valence-electron chi connectivity index (χ0n) is 14.1. The van der Waals surface area contributed by atoms with E-state index in [1.807, 2.05) is 30.3 Å². The molecule has 1 heterocycles. The van der Waals surface area contributed by atoms with Gasteiger partial charge in [0.2, 0.25) is 0 Å². The van der Waals surface area contributed by atoms with Crippen LogP contribution in [0.25, 0.3) is 5.57 Å². The third-order valence-corrected chi connectivity index (χ3v) is 4.47. The van der Waals surface area contributed by atoms with E-state index in [1.54, 1.807) is 11.0 Å². The molecule has 1 fully saturated rings. The summed E-state index contributed by atoms with van der Waals surface area (Å²) >= 11 is 5.22. The fourth-order valence-corrected chi connectivity index (χ4v) is 3.01. The molecule has 0 spiro atoms. The fraction of sp³-hybridized carbons (Fsp3) is 0.474. The first-order chi connectivity index (χ1) is 11.0. The second kappa shape index (κ2) is 8.25. The summed E-state index contributed by atoms with van der Waals surface area (Å²) in [6, 6.07) is 10.1. The molecule has 0 saturated carbocycles. The van der Waals surface area contributed by atoms with Gasteiger partial charge in [-0.15, -0.1) is 0 Å². The topological polar surface area (TPSA) is 29.5 Å². The molecule has 1 aliphatic rings. The SMILES string of the molecule is CCCC/C(=C\C(=O)N1C(=S)OC[C@@H]1C(C)C)c1ccccc1. The molecule has 1 amide bonds. The Morgan fingerprint density at radius 2 is 2.09 bits per heavy atom. The zero-order chi connectivity index (χ0) is 16.8. The second-order valence-electron chi connectivity index (χ2n) is 6.24. The van der Waals surface area contributed by atoms with E-state index < -0.39 is 0 Å². The van der Waals surface area contributed by atoms with Crippen LogP contribution in [-0.2, 0) is 9.53 Å². The van der Waals surface area contributed by atoms with Crippen molar-refractivity contribution in [3.63, 3.8) is 0 Å². The molecule has 0 aliphatic carbocycles. The van der Waals surface area contributed by atoms with E-state index in [1.165, 1.54) is 0 Å². The van der Waals surface area contributed by atoms with Crippen molar-refractivity contribution in [3.8, 4) is 0 Å². The average molecular weight is 331 g/mol. The molecule has 3 nitrogen and oxygen atoms in total. The molecule has 2 rings (SSSR count). The molecule has 1 atom stereocenters. The smallest absolute Gasteiger partial charge is 0.266 e. The minimum Gasteiger partial charge on any atom is -0.468 e. The Morgan fingerprint density at radius 3 is 2.70 bits per heavy atom. The van der Waals surface area contributed by atoms with Gasteiger partial charge in [0.25, 0.3) is 11.1 Å². The first-order valence-corrected chi connectivity index (χ1v) is 8.71. The van der Waals surface area contributed by atoms with Crippen molar-refractivity contribution in [1.82, 2.24) is 4.90 Å². The highest BCUT2D eigenvalue weighted by molar-refractivity contribution is 7.80. The lowest BCUT2D eigenvalue weighted by molar-refractivity contribution is -0.123. The number of hydrogen-bond donors (Lipinski definition) is 0. The normalized spacial score (nSPS) is 18.4. The lowest BCUT2D eigenvalue weighted by Gasteiger charge is -2.23. The molecule has 1 aliphatic heterocycles. The third kappa shape index (κ3) is 4.41. The zero-order valence-corrected chi connectivity index (χ0v) is 14.9. The molecule has 4 heteroatoms. The Morgan fingerprint density at radius 1 is 1.39 bits per heavy atom. The lowest BCUT2D eigenvalue weighted by atomic mass is 9.99. The molecule has 0 N–H and O–H groups in total. The van der Waals surface area contributed by atoms with Crippen molar-refractivity contribution in [2.45, 2.75) is 46.1 Å². The largest absolute Gasteiger partial charge is 0.468 e. The summed E-state index contributed by atoms with van der Waals surface area (Å²) in [6.45, 7) is 6.82. The van der Waals surface area contributed by atoms with Crippen molar-refractivity contribution < 1.29 is 9.53 Å². The molecule has 1 aromatic carbocycles. The van der Waals surface area contributed by atoms with Crippen LogP contribution in [0.3, 0.4) is 0 Å². The first-order valence-electron chi connectivity index (χ1n) is 8.30. The van der Waals surface area contributed by atoms with Crippen molar-refractivity contribution in [2.24, 2.45) is 5.92 Å². The van der Waals surface area contributed by atoms with Gasteiger partial charge in [0.15, 0.2) is 0 Å². The molecule has 124 valence electrons. The molecular weight excluding hydrogens is 306 g/mol. The average Bonchev–Trinajstić information content (AvgIpc) is 2.94. The van der Waals surface area contributed by atoms with Crippen molar-refractivity contribution in [2.75, 3.05) is 6.61 Å². The van der Waals surface area contributed by atoms with E-state index in [0.29, 0.717) is 17.7 Å². The van der Waals surface area contributed by atoms with Gasteiger partial charge in [0.05, 0.1) is 6.04 Å². The van der Waals surface area contributed by atoms with Crippen LogP contribution in [0.2, 0.25) is 0 Å². The molecule has 0 bridgehead atoms. The Bertz CT molecular complexity index is 580. The Hall–Kier alpha value is -1.68. The quantitative estimate of drug-likeness (QED) is 0.570. The Labute approximate surface area is 144 Å². The van der Waals surface area contributed by atoms with Gasteiger partial charge >= 0.3 is 0 Å². The van der Waals surface area contributed by atoms with E-state index in [-0.39, 0.29) is 11.9 Å². The molecule has 0 radical (unpaired) electrons. The number of rotatable bonds is 6. The highest BCUT2D eigenvalue weighted by Crippen LogP contribution is 2.24. The summed E-state index contributed by atoms with van der Waals surface area (Å²) in [5.41, 5.74) is 2.16. The van der Waals surface area contributed by atoms with Crippen LogP contribution >= 0.6 is 12.2 Å². The van der Waals surface area contributed by atoms with E-state index in [2.05, 4.69) is 20.8 Å². The van der Waals surface area contributed by atoms with E-state index in [9.17, 15) is 4.79 Å². The first kappa shape index (κ1) is 17.7. The van der Waals surface area contributed by atoms with Crippen LogP contribution in [0.15, 0.2) is 36.4 Å². The van der Waals surface area contributed by atoms with E-state index in [0.717, 1.165) is 30.4 Å². The highest BCUT2D eigenvalue weighted by atomic mass is 32.1. The number of ether oxygens (including phenoxy) is 1. The van der Waals surface area contributed by atoms with Gasteiger partial charge in [-0.1, -0.05) is 57.5 Å². The number of allylic oxidation sites excluding steroid dienone is 1. The molecule has 0 unspecified atom stereocenters. The molecule has 23 heavy (non-hydrogen) atoms. The van der Waals surface area contributed by atoms with Crippen LogP contribution in [0, 0.1) is 5.92 Å². The molecular formula is C19H25NO2S. The van der Waals surface area contributed by atoms with Gasteiger partial charge in [0, 0.05) is 6.08 Å². The van der Waals surface area contributed by atoms with Crippen molar-refractivity contribution >= 4 is 28.9 Å². The summed E-state index contributed by atoms with van der Waals surface area (Å²) in [6.07, 6.45) is 4.78. The predicted molar refractivity (Wildman–Crippen MR) is 98.0 cm³/mol. The predicted octanol–water partition coefficient (Wildman–Crippen LogP) is 4.43. The number of hydrogen-bond acceptors (Lipinski definition) is 3. The van der Waals surface area contributed by atoms with Crippen LogP contribution in [0.4, 0.5) is 0 Å². The van der Waals surface area contributed by atoms with Gasteiger partial charge in [-0.05, 0) is 42.1 Å². The number of carbonyl (C=O) groups excluding carboxylic acids is 1. The van der Waals surface area contributed by atoms with Gasteiger partial charge in [-0.25, -0.2) is 0 Å². The molecule has 1 aromatic rings. The van der Waals surface area contributed by atoms with Crippen LogP contribution < -0.4 is 0 Å². The van der Waals surface area contributed by atoms with Crippen LogP contribution in [-0.4, -0.2) is 28.6 Å². The van der Waals surface area contributed by atoms with Gasteiger partial charge < -0.3 is 4.74 Å². The maximum absolute atomic E-state index is 12.8. The number of benzene rings is 1. The summed E-state index contributed by atoms with van der Waals surface area (Å²) in [7, 11) is 0. The number of carbonyl (C=O) groups is 1. The standard InChI is InChI=1S/C19H25NO2S/c1-4-5-9-16(15-10-7-6-8-11-15)12-18(21)20-17(14(2)3)13-22-19(20)23/h6-8,10-12,14,17H,4-5,9,13H2,1-3H3/b16-12+/t17-/m1/s1. The summed E-state index contributed by atoms with van der Waals surface area (Å²) in [4.78, 5) is 14.4. The van der Waals surface area contributed by atoms with Crippen LogP contribution in [0.1, 0.15) is 45.6 Å². The Kier molecular flexibility index (Phi) is 6.34. The molecule has 1 saturated heterocycles. The van der Waals surface area contributed by atoms with E-state index in [4.69, 9.17) is 17.0 Å².